The van der Waals surface area contributed by atoms with E-state index < -0.39 is 11.9 Å². The molecule has 0 aliphatic rings. The van der Waals surface area contributed by atoms with Gasteiger partial charge in [0.2, 0.25) is 0 Å². The molecule has 0 spiro atoms. The van der Waals surface area contributed by atoms with Crippen LogP contribution in [-0.4, -0.2) is 26.2 Å². The average molecular weight is 289 g/mol. The Bertz CT molecular complexity index is 516. The topological polar surface area (TPSA) is 56.5 Å². The summed E-state index contributed by atoms with van der Waals surface area (Å²) in [6.45, 7) is 0. The number of hydrogen-bond donors (Lipinski definition) is 1. The lowest BCUT2D eigenvalue weighted by Crippen LogP contribution is -2.38. The van der Waals surface area contributed by atoms with Crippen molar-refractivity contribution in [2.75, 3.05) is 14.2 Å². The summed E-state index contributed by atoms with van der Waals surface area (Å²) in [7, 11) is 2.39. The van der Waals surface area contributed by atoms with E-state index in [1.807, 2.05) is 0 Å². The van der Waals surface area contributed by atoms with Crippen LogP contribution in [0.4, 0.5) is 0 Å². The molecule has 0 aliphatic heterocycles. The number of methoxy groups -OCH3 is 2. The van der Waals surface area contributed by atoms with Crippen molar-refractivity contribution < 1.29 is 23.6 Å². The number of rotatable bonds is 3. The van der Waals surface area contributed by atoms with Crippen molar-refractivity contribution in [3.05, 3.63) is 34.5 Å². The highest BCUT2D eigenvalue weighted by molar-refractivity contribution is 7.85. The maximum atomic E-state index is 11.7. The van der Waals surface area contributed by atoms with Crippen LogP contribution in [0.1, 0.15) is 0 Å². The van der Waals surface area contributed by atoms with E-state index in [2.05, 4.69) is 22.1 Å². The highest BCUT2D eigenvalue weighted by Gasteiger charge is 2.29. The largest absolute Gasteiger partial charge is 0.465 e. The summed E-state index contributed by atoms with van der Waals surface area (Å²) in [6, 6.07) is 3.24. The van der Waals surface area contributed by atoms with Gasteiger partial charge in [-0.05, 0) is 6.07 Å². The lowest BCUT2D eigenvalue weighted by molar-refractivity contribution is -0.578. The van der Waals surface area contributed by atoms with Crippen LogP contribution in [0.25, 0.3) is 5.70 Å². The molecular weight excluding hydrogens is 278 g/mol. The summed E-state index contributed by atoms with van der Waals surface area (Å²) >= 11 is 9.80. The van der Waals surface area contributed by atoms with Crippen LogP contribution in [0.2, 0.25) is 5.02 Å². The molecule has 0 unspecified atom stereocenters. The first-order valence-corrected chi connectivity index (χ1v) is 5.60. The molecule has 96 valence electrons. The summed E-state index contributed by atoms with van der Waals surface area (Å²) < 4.78 is 10.5. The SMILES string of the molecule is COC(=O)/C(S)=C(\C(=O)OC)[n+]1cccc(Cl)c1. The van der Waals surface area contributed by atoms with Crippen LogP contribution in [0.5, 0.6) is 0 Å². The second-order valence-corrected chi connectivity index (χ2v) is 3.99. The number of ether oxygens (including phenoxy) is 2. The minimum absolute atomic E-state index is 0.0739. The number of carbonyl (C=O) groups excluding carboxylic acids is 2. The van der Waals surface area contributed by atoms with Crippen molar-refractivity contribution in [1.29, 1.82) is 0 Å². The fourth-order valence-corrected chi connectivity index (χ4v) is 1.68. The molecule has 1 aromatic rings. The number of thiol groups is 1. The van der Waals surface area contributed by atoms with Crippen molar-refractivity contribution in [1.82, 2.24) is 0 Å². The fourth-order valence-electron chi connectivity index (χ4n) is 1.20. The third-order valence-electron chi connectivity index (χ3n) is 2.00. The molecule has 0 radical (unpaired) electrons. The highest BCUT2D eigenvalue weighted by Crippen LogP contribution is 2.13. The quantitative estimate of drug-likeness (QED) is 0.391. The van der Waals surface area contributed by atoms with Crippen molar-refractivity contribution in [3.63, 3.8) is 0 Å². The molecule has 0 saturated heterocycles. The van der Waals surface area contributed by atoms with Crippen molar-refractivity contribution in [3.8, 4) is 0 Å². The predicted molar refractivity (Wildman–Crippen MR) is 67.9 cm³/mol. The highest BCUT2D eigenvalue weighted by atomic mass is 35.5. The molecule has 7 heteroatoms. The Morgan fingerprint density at radius 1 is 1.28 bits per heavy atom. The standard InChI is InChI=1S/C11H10ClNO4S/c1-16-10(14)8(9(18)11(15)17-2)13-5-3-4-7(12)6-13/h3-6H,1-2H3/p+1. The third-order valence-corrected chi connectivity index (χ3v) is 2.62. The maximum absolute atomic E-state index is 11.7. The van der Waals surface area contributed by atoms with Crippen LogP contribution in [0, 0.1) is 0 Å². The van der Waals surface area contributed by atoms with E-state index >= 15 is 0 Å². The van der Waals surface area contributed by atoms with Gasteiger partial charge in [-0.1, -0.05) is 11.6 Å². The molecule has 0 bridgehead atoms. The molecule has 1 heterocycles. The second-order valence-electron chi connectivity index (χ2n) is 3.11. The first-order chi connectivity index (χ1) is 8.51. The molecular formula is C11H11ClNO4S+. The molecule has 0 aromatic carbocycles. The Morgan fingerprint density at radius 2 is 1.89 bits per heavy atom. The van der Waals surface area contributed by atoms with Gasteiger partial charge in [-0.15, -0.1) is 12.6 Å². The fraction of sp³-hybridized carbons (Fsp3) is 0.182. The zero-order valence-electron chi connectivity index (χ0n) is 9.71. The van der Waals surface area contributed by atoms with E-state index in [1.54, 1.807) is 12.1 Å². The van der Waals surface area contributed by atoms with Crippen molar-refractivity contribution in [2.24, 2.45) is 0 Å². The van der Waals surface area contributed by atoms with Crippen LogP contribution in [0.3, 0.4) is 0 Å². The van der Waals surface area contributed by atoms with Gasteiger partial charge in [0.1, 0.15) is 5.02 Å². The summed E-state index contributed by atoms with van der Waals surface area (Å²) in [5, 5.41) is 0.393. The van der Waals surface area contributed by atoms with Gasteiger partial charge in [-0.25, -0.2) is 9.59 Å². The van der Waals surface area contributed by atoms with E-state index in [4.69, 9.17) is 11.6 Å². The Morgan fingerprint density at radius 3 is 2.39 bits per heavy atom. The average Bonchev–Trinajstić information content (AvgIpc) is 2.37. The van der Waals surface area contributed by atoms with Gasteiger partial charge in [0.25, 0.3) is 0 Å². The lowest BCUT2D eigenvalue weighted by atomic mass is 10.3. The molecule has 1 aromatic heterocycles. The van der Waals surface area contributed by atoms with Gasteiger partial charge in [0.05, 0.1) is 14.2 Å². The first-order valence-electron chi connectivity index (χ1n) is 4.78. The zero-order chi connectivity index (χ0) is 13.7. The van der Waals surface area contributed by atoms with Crippen LogP contribution in [-0.2, 0) is 19.1 Å². The van der Waals surface area contributed by atoms with Gasteiger partial charge in [-0.3, -0.25) is 0 Å². The van der Waals surface area contributed by atoms with Crippen molar-refractivity contribution in [2.45, 2.75) is 0 Å². The molecule has 0 fully saturated rings. The minimum atomic E-state index is -0.744. The molecule has 18 heavy (non-hydrogen) atoms. The molecule has 0 amide bonds. The molecule has 1 rings (SSSR count). The van der Waals surface area contributed by atoms with E-state index in [0.717, 1.165) is 0 Å². The van der Waals surface area contributed by atoms with Crippen LogP contribution in [0.15, 0.2) is 29.4 Å². The van der Waals surface area contributed by atoms with Gasteiger partial charge >= 0.3 is 17.6 Å². The van der Waals surface area contributed by atoms with Crippen LogP contribution >= 0.6 is 24.2 Å². The lowest BCUT2D eigenvalue weighted by Gasteiger charge is -2.03. The van der Waals surface area contributed by atoms with E-state index in [1.165, 1.54) is 31.2 Å². The summed E-state index contributed by atoms with van der Waals surface area (Å²) in [5.74, 6) is -1.47. The van der Waals surface area contributed by atoms with Crippen LogP contribution < -0.4 is 4.57 Å². The summed E-state index contributed by atoms with van der Waals surface area (Å²) in [4.78, 5) is 22.9. The van der Waals surface area contributed by atoms with Gasteiger partial charge < -0.3 is 9.47 Å². The van der Waals surface area contributed by atoms with Gasteiger partial charge in [0, 0.05) is 6.07 Å². The summed E-state index contributed by atoms with van der Waals surface area (Å²) in [5.41, 5.74) is -0.0739. The molecule has 0 aliphatic carbocycles. The number of nitrogens with zero attached hydrogens (tertiary/aromatic N) is 1. The number of aromatic nitrogens is 1. The normalized spacial score (nSPS) is 11.6. The predicted octanol–water partition coefficient (Wildman–Crippen LogP) is 1.07. The van der Waals surface area contributed by atoms with E-state index in [0.29, 0.717) is 5.02 Å². The zero-order valence-corrected chi connectivity index (χ0v) is 11.4. The Kier molecular flexibility index (Phi) is 5.18. The number of carbonyl (C=O) groups is 2. The molecule has 0 N–H and O–H groups in total. The Labute approximate surface area is 114 Å². The number of esters is 2. The molecule has 0 atom stereocenters. The Hall–Kier alpha value is -1.53. The first kappa shape index (κ1) is 14.5. The molecule has 5 nitrogen and oxygen atoms in total. The van der Waals surface area contributed by atoms with Gasteiger partial charge in [-0.2, -0.15) is 4.57 Å². The smallest absolute Gasteiger partial charge is 0.405 e. The monoisotopic (exact) mass is 288 g/mol. The van der Waals surface area contributed by atoms with Crippen molar-refractivity contribution >= 4 is 41.9 Å². The number of halogens is 1. The van der Waals surface area contributed by atoms with E-state index in [-0.39, 0.29) is 10.6 Å². The summed E-state index contributed by atoms with van der Waals surface area (Å²) in [6.07, 6.45) is 2.99. The maximum Gasteiger partial charge on any atom is 0.405 e. The van der Waals surface area contributed by atoms with Gasteiger partial charge in [0.15, 0.2) is 17.3 Å². The number of hydrogen-bond acceptors (Lipinski definition) is 5. The van der Waals surface area contributed by atoms with E-state index in [9.17, 15) is 9.59 Å². The minimum Gasteiger partial charge on any atom is -0.465 e. The molecule has 0 saturated carbocycles. The Balaban J connectivity index is 3.39. The second kappa shape index (κ2) is 6.42. The third kappa shape index (κ3) is 3.24. The number of pyridine rings is 1.